The molecule has 21 heavy (non-hydrogen) atoms. The van der Waals surface area contributed by atoms with Crippen LogP contribution in [0.3, 0.4) is 0 Å². The number of hydrogen-bond donors (Lipinski definition) is 3. The highest BCUT2D eigenvalue weighted by atomic mass is 16.6. The van der Waals surface area contributed by atoms with Crippen LogP contribution < -0.4 is 16.8 Å². The average molecular weight is 292 g/mol. The summed E-state index contributed by atoms with van der Waals surface area (Å²) in [6, 6.07) is 2.95. The fourth-order valence-corrected chi connectivity index (χ4v) is 2.87. The summed E-state index contributed by atoms with van der Waals surface area (Å²) in [4.78, 5) is 22.8. The van der Waals surface area contributed by atoms with Crippen LogP contribution in [0.4, 0.5) is 11.4 Å². The number of rotatable bonds is 4. The number of carbonyl (C=O) groups excluding carboxylic acids is 1. The van der Waals surface area contributed by atoms with E-state index in [1.807, 2.05) is 0 Å². The van der Waals surface area contributed by atoms with Crippen molar-refractivity contribution in [1.29, 1.82) is 0 Å². The lowest BCUT2D eigenvalue weighted by molar-refractivity contribution is -0.384. The molecule has 1 amide bonds. The van der Waals surface area contributed by atoms with E-state index in [4.69, 9.17) is 11.5 Å². The van der Waals surface area contributed by atoms with Gasteiger partial charge in [-0.15, -0.1) is 0 Å². The molecule has 1 aromatic carbocycles. The molecule has 1 aliphatic carbocycles. The van der Waals surface area contributed by atoms with Gasteiger partial charge in [0.2, 0.25) is 0 Å². The molecular weight excluding hydrogens is 272 g/mol. The van der Waals surface area contributed by atoms with Gasteiger partial charge in [0.05, 0.1) is 10.5 Å². The predicted molar refractivity (Wildman–Crippen MR) is 79.9 cm³/mol. The minimum atomic E-state index is -0.572. The van der Waals surface area contributed by atoms with E-state index in [1.54, 1.807) is 13.0 Å². The van der Waals surface area contributed by atoms with Crippen LogP contribution in [0.25, 0.3) is 0 Å². The number of anilines is 1. The number of carbonyl (C=O) groups is 1. The molecular formula is C14H20N4O3. The summed E-state index contributed by atoms with van der Waals surface area (Å²) in [5.41, 5.74) is 11.9. The van der Waals surface area contributed by atoms with E-state index in [9.17, 15) is 14.9 Å². The molecule has 7 nitrogen and oxygen atoms in total. The van der Waals surface area contributed by atoms with E-state index in [0.717, 1.165) is 19.3 Å². The summed E-state index contributed by atoms with van der Waals surface area (Å²) in [6.07, 6.45) is 2.89. The molecule has 2 atom stereocenters. The van der Waals surface area contributed by atoms with Crippen LogP contribution in [-0.4, -0.2) is 23.4 Å². The molecule has 5 N–H and O–H groups in total. The van der Waals surface area contributed by atoms with Crippen LogP contribution in [0.2, 0.25) is 0 Å². The van der Waals surface area contributed by atoms with Crippen molar-refractivity contribution in [3.8, 4) is 0 Å². The van der Waals surface area contributed by atoms with Crippen molar-refractivity contribution in [2.45, 2.75) is 32.2 Å². The normalized spacial score (nSPS) is 21.2. The zero-order valence-electron chi connectivity index (χ0n) is 12.0. The number of nitrogens with one attached hydrogen (secondary N) is 1. The lowest BCUT2D eigenvalue weighted by Gasteiger charge is -2.20. The predicted octanol–water partition coefficient (Wildman–Crippen LogP) is 1.34. The molecule has 7 heteroatoms. The fraction of sp³-hybridized carbons (Fsp3) is 0.500. The Hall–Kier alpha value is -2.15. The van der Waals surface area contributed by atoms with Gasteiger partial charge in [-0.1, -0.05) is 6.42 Å². The smallest absolute Gasteiger partial charge is 0.293 e. The summed E-state index contributed by atoms with van der Waals surface area (Å²) in [5, 5.41) is 13.9. The van der Waals surface area contributed by atoms with Gasteiger partial charge in [0.25, 0.3) is 11.6 Å². The summed E-state index contributed by atoms with van der Waals surface area (Å²) < 4.78 is 0. The Labute approximate surface area is 122 Å². The third kappa shape index (κ3) is 3.13. The minimum Gasteiger partial charge on any atom is -0.393 e. The van der Waals surface area contributed by atoms with E-state index in [-0.39, 0.29) is 34.8 Å². The topological polar surface area (TPSA) is 124 Å². The third-order valence-electron chi connectivity index (χ3n) is 4.02. The Balaban J connectivity index is 2.25. The van der Waals surface area contributed by atoms with Crippen molar-refractivity contribution in [2.24, 2.45) is 11.7 Å². The van der Waals surface area contributed by atoms with Crippen LogP contribution in [0.5, 0.6) is 0 Å². The Morgan fingerprint density at radius 1 is 1.48 bits per heavy atom. The number of amides is 1. The van der Waals surface area contributed by atoms with Gasteiger partial charge in [0.1, 0.15) is 5.69 Å². The standard InChI is InChI=1S/C14H20N4O3/c1-8-5-10(13(16)12(6-8)18(20)21)14(19)17-11-4-2-3-9(11)7-15/h5-6,9,11H,2-4,7,15-16H2,1H3,(H,17,19). The van der Waals surface area contributed by atoms with Crippen LogP contribution >= 0.6 is 0 Å². The monoisotopic (exact) mass is 292 g/mol. The highest BCUT2D eigenvalue weighted by Gasteiger charge is 2.29. The van der Waals surface area contributed by atoms with Crippen molar-refractivity contribution in [2.75, 3.05) is 12.3 Å². The lowest BCUT2D eigenvalue weighted by atomic mass is 10.0. The average Bonchev–Trinajstić information content (AvgIpc) is 2.87. The first-order valence-corrected chi connectivity index (χ1v) is 6.99. The molecule has 0 heterocycles. The SMILES string of the molecule is Cc1cc(C(=O)NC2CCCC2CN)c(N)c([N+](=O)[O-])c1. The van der Waals surface area contributed by atoms with Crippen molar-refractivity contribution >= 4 is 17.3 Å². The first-order valence-electron chi connectivity index (χ1n) is 6.99. The molecule has 0 saturated heterocycles. The van der Waals surface area contributed by atoms with E-state index < -0.39 is 4.92 Å². The lowest BCUT2D eigenvalue weighted by Crippen LogP contribution is -2.40. The van der Waals surface area contributed by atoms with Crippen LogP contribution in [0.1, 0.15) is 35.2 Å². The van der Waals surface area contributed by atoms with Crippen LogP contribution in [-0.2, 0) is 0 Å². The van der Waals surface area contributed by atoms with Gasteiger partial charge in [-0.2, -0.15) is 0 Å². The van der Waals surface area contributed by atoms with Crippen molar-refractivity contribution in [1.82, 2.24) is 5.32 Å². The van der Waals surface area contributed by atoms with Crippen LogP contribution in [0, 0.1) is 23.0 Å². The van der Waals surface area contributed by atoms with Gasteiger partial charge >= 0.3 is 0 Å². The number of hydrogen-bond acceptors (Lipinski definition) is 5. The second-order valence-corrected chi connectivity index (χ2v) is 5.51. The molecule has 2 unspecified atom stereocenters. The zero-order chi connectivity index (χ0) is 15.6. The highest BCUT2D eigenvalue weighted by Crippen LogP contribution is 2.29. The van der Waals surface area contributed by atoms with Crippen molar-refractivity contribution < 1.29 is 9.72 Å². The quantitative estimate of drug-likeness (QED) is 0.439. The summed E-state index contributed by atoms with van der Waals surface area (Å²) in [5.74, 6) is -0.111. The maximum absolute atomic E-state index is 12.4. The molecule has 1 fully saturated rings. The number of nitro groups is 1. The third-order valence-corrected chi connectivity index (χ3v) is 4.02. The van der Waals surface area contributed by atoms with Gasteiger partial charge in [-0.3, -0.25) is 14.9 Å². The zero-order valence-corrected chi connectivity index (χ0v) is 12.0. The van der Waals surface area contributed by atoms with Gasteiger partial charge in [0.15, 0.2) is 0 Å². The highest BCUT2D eigenvalue weighted by molar-refractivity contribution is 6.01. The second kappa shape index (κ2) is 6.09. The van der Waals surface area contributed by atoms with Crippen molar-refractivity contribution in [3.63, 3.8) is 0 Å². The first-order chi connectivity index (χ1) is 9.93. The largest absolute Gasteiger partial charge is 0.393 e. The fourth-order valence-electron chi connectivity index (χ4n) is 2.87. The number of nitrogen functional groups attached to an aromatic ring is 1. The Bertz CT molecular complexity index is 574. The second-order valence-electron chi connectivity index (χ2n) is 5.51. The van der Waals surface area contributed by atoms with E-state index in [0.29, 0.717) is 12.1 Å². The molecule has 0 aromatic heterocycles. The molecule has 1 saturated carbocycles. The molecule has 2 rings (SSSR count). The Morgan fingerprint density at radius 2 is 2.19 bits per heavy atom. The first kappa shape index (κ1) is 15.2. The van der Waals surface area contributed by atoms with E-state index >= 15 is 0 Å². The molecule has 1 aromatic rings. The van der Waals surface area contributed by atoms with Gasteiger partial charge < -0.3 is 16.8 Å². The molecule has 1 aliphatic rings. The van der Waals surface area contributed by atoms with E-state index in [1.165, 1.54) is 6.07 Å². The Kier molecular flexibility index (Phi) is 4.42. The number of aryl methyl sites for hydroxylation is 1. The van der Waals surface area contributed by atoms with Gasteiger partial charge in [-0.05, 0) is 43.9 Å². The van der Waals surface area contributed by atoms with Crippen molar-refractivity contribution in [3.05, 3.63) is 33.4 Å². The van der Waals surface area contributed by atoms with Gasteiger partial charge in [0, 0.05) is 12.1 Å². The maximum atomic E-state index is 12.4. The molecule has 0 aliphatic heterocycles. The number of nitrogens with zero attached hydrogens (tertiary/aromatic N) is 1. The number of nitro benzene ring substituents is 1. The molecule has 0 spiro atoms. The van der Waals surface area contributed by atoms with Crippen LogP contribution in [0.15, 0.2) is 12.1 Å². The summed E-state index contributed by atoms with van der Waals surface area (Å²) >= 11 is 0. The number of benzene rings is 1. The summed E-state index contributed by atoms with van der Waals surface area (Å²) in [6.45, 7) is 2.22. The molecule has 114 valence electrons. The van der Waals surface area contributed by atoms with Gasteiger partial charge in [-0.25, -0.2) is 0 Å². The summed E-state index contributed by atoms with van der Waals surface area (Å²) in [7, 11) is 0. The molecule has 0 radical (unpaired) electrons. The minimum absolute atomic E-state index is 0.0152. The Morgan fingerprint density at radius 3 is 2.81 bits per heavy atom. The van der Waals surface area contributed by atoms with E-state index in [2.05, 4.69) is 5.32 Å². The number of nitrogens with two attached hydrogens (primary N) is 2. The molecule has 0 bridgehead atoms. The maximum Gasteiger partial charge on any atom is 0.293 e.